The van der Waals surface area contributed by atoms with E-state index in [4.69, 9.17) is 0 Å². The van der Waals surface area contributed by atoms with Crippen LogP contribution in [0.4, 0.5) is 14.5 Å². The van der Waals surface area contributed by atoms with Crippen LogP contribution in [0.25, 0.3) is 0 Å². The van der Waals surface area contributed by atoms with Gasteiger partial charge in [-0.25, -0.2) is 8.78 Å². The Labute approximate surface area is 252 Å². The lowest BCUT2D eigenvalue weighted by Gasteiger charge is -2.33. The molecule has 0 spiro atoms. The number of nitrogens with zero attached hydrogens (tertiary/aromatic N) is 3. The van der Waals surface area contributed by atoms with E-state index >= 15 is 0 Å². The molecule has 1 heterocycles. The number of anilines is 1. The van der Waals surface area contributed by atoms with Gasteiger partial charge in [-0.3, -0.25) is 14.5 Å². The van der Waals surface area contributed by atoms with Crippen molar-refractivity contribution >= 4 is 17.5 Å². The molecule has 0 unspecified atom stereocenters. The van der Waals surface area contributed by atoms with Crippen LogP contribution in [0.15, 0.2) is 97.1 Å². The number of hydrogen-bond donors (Lipinski definition) is 0. The van der Waals surface area contributed by atoms with E-state index in [1.807, 2.05) is 43.3 Å². The first-order valence-corrected chi connectivity index (χ1v) is 14.8. The minimum absolute atomic E-state index is 0.0419. The molecule has 0 aromatic heterocycles. The molecule has 0 saturated carbocycles. The predicted molar refractivity (Wildman–Crippen MR) is 166 cm³/mol. The highest BCUT2D eigenvalue weighted by Gasteiger charge is 2.26. The van der Waals surface area contributed by atoms with Gasteiger partial charge in [-0.05, 0) is 72.4 Å². The maximum Gasteiger partial charge on any atom is 0.258 e. The minimum atomic E-state index is -0.401. The van der Waals surface area contributed by atoms with Gasteiger partial charge in [0.2, 0.25) is 5.91 Å². The van der Waals surface area contributed by atoms with Gasteiger partial charge >= 0.3 is 0 Å². The standard InChI is InChI=1S/C36H37F2N3O2/c1-27-10-7-14-31-26-40(34(42)24-30-13-5-6-15-33(30)38)22-8-20-39(25-28-11-3-2-4-12-28)21-9-23-41(35(27)31)36(43)29-16-18-32(37)19-17-29/h2-7,10-19H,8-9,20-26H2,1H3. The number of carbonyl (C=O) groups excluding carboxylic acids is 2. The van der Waals surface area contributed by atoms with Gasteiger partial charge in [0.05, 0.1) is 12.1 Å². The number of halogens is 2. The third-order valence-electron chi connectivity index (χ3n) is 7.95. The summed E-state index contributed by atoms with van der Waals surface area (Å²) >= 11 is 0. The Hall–Kier alpha value is -4.36. The van der Waals surface area contributed by atoms with Crippen molar-refractivity contribution in [2.75, 3.05) is 31.1 Å². The maximum absolute atomic E-state index is 14.5. The molecule has 0 N–H and O–H groups in total. The van der Waals surface area contributed by atoms with Crippen LogP contribution >= 0.6 is 0 Å². The molecule has 43 heavy (non-hydrogen) atoms. The molecule has 0 bridgehead atoms. The van der Waals surface area contributed by atoms with Gasteiger partial charge < -0.3 is 9.80 Å². The Balaban J connectivity index is 1.50. The lowest BCUT2D eigenvalue weighted by Crippen LogP contribution is -2.39. The Morgan fingerprint density at radius 3 is 2.19 bits per heavy atom. The third-order valence-corrected chi connectivity index (χ3v) is 7.95. The van der Waals surface area contributed by atoms with Crippen molar-refractivity contribution in [2.24, 2.45) is 0 Å². The zero-order valence-corrected chi connectivity index (χ0v) is 24.5. The molecule has 1 aliphatic rings. The normalized spacial score (nSPS) is 14.9. The molecule has 0 saturated heterocycles. The van der Waals surface area contributed by atoms with Gasteiger partial charge in [-0.2, -0.15) is 0 Å². The van der Waals surface area contributed by atoms with Crippen molar-refractivity contribution in [2.45, 2.75) is 39.3 Å². The zero-order chi connectivity index (χ0) is 30.2. The highest BCUT2D eigenvalue weighted by molar-refractivity contribution is 6.07. The Bertz CT molecular complexity index is 1540. The first-order chi connectivity index (χ1) is 20.9. The monoisotopic (exact) mass is 581 g/mol. The number of para-hydroxylation sites is 1. The van der Waals surface area contributed by atoms with Crippen molar-refractivity contribution in [1.29, 1.82) is 0 Å². The molecule has 4 aromatic carbocycles. The van der Waals surface area contributed by atoms with Gasteiger partial charge in [0.15, 0.2) is 0 Å². The summed E-state index contributed by atoms with van der Waals surface area (Å²) in [5, 5.41) is 0. The number of aryl methyl sites for hydroxylation is 1. The fourth-order valence-corrected chi connectivity index (χ4v) is 5.76. The quantitative estimate of drug-likeness (QED) is 0.261. The first-order valence-electron chi connectivity index (χ1n) is 14.8. The summed E-state index contributed by atoms with van der Waals surface area (Å²) in [6, 6.07) is 28.1. The van der Waals surface area contributed by atoms with E-state index in [0.717, 1.165) is 49.3 Å². The molecule has 0 radical (unpaired) electrons. The molecule has 7 heteroatoms. The maximum atomic E-state index is 14.5. The molecule has 0 fully saturated rings. The molecular weight excluding hydrogens is 544 g/mol. The summed E-state index contributed by atoms with van der Waals surface area (Å²) in [4.78, 5) is 33.6. The lowest BCUT2D eigenvalue weighted by molar-refractivity contribution is -0.131. The van der Waals surface area contributed by atoms with E-state index in [9.17, 15) is 18.4 Å². The summed E-state index contributed by atoms with van der Waals surface area (Å²) in [5.41, 5.74) is 4.48. The Morgan fingerprint density at radius 1 is 0.744 bits per heavy atom. The fraction of sp³-hybridized carbons (Fsp3) is 0.278. The van der Waals surface area contributed by atoms with Gasteiger partial charge in [-0.1, -0.05) is 66.7 Å². The minimum Gasteiger partial charge on any atom is -0.338 e. The average molecular weight is 582 g/mol. The van der Waals surface area contributed by atoms with E-state index < -0.39 is 11.6 Å². The van der Waals surface area contributed by atoms with Crippen LogP contribution in [0.5, 0.6) is 0 Å². The van der Waals surface area contributed by atoms with Gasteiger partial charge in [0.25, 0.3) is 5.91 Å². The summed E-state index contributed by atoms with van der Waals surface area (Å²) in [6.07, 6.45) is 1.46. The molecule has 4 aromatic rings. The highest BCUT2D eigenvalue weighted by atomic mass is 19.1. The molecule has 5 nitrogen and oxygen atoms in total. The van der Waals surface area contributed by atoms with Crippen molar-refractivity contribution in [3.8, 4) is 0 Å². The van der Waals surface area contributed by atoms with Gasteiger partial charge in [0.1, 0.15) is 11.6 Å². The molecule has 2 amide bonds. The lowest BCUT2D eigenvalue weighted by atomic mass is 10.0. The molecule has 222 valence electrons. The number of amides is 2. The summed E-state index contributed by atoms with van der Waals surface area (Å²) in [7, 11) is 0. The summed E-state index contributed by atoms with van der Waals surface area (Å²) < 4.78 is 28.2. The third kappa shape index (κ3) is 7.73. The van der Waals surface area contributed by atoms with Gasteiger partial charge in [0, 0.05) is 44.8 Å². The van der Waals surface area contributed by atoms with Crippen molar-refractivity contribution in [3.05, 3.63) is 137 Å². The number of carbonyl (C=O) groups is 2. The number of hydrogen-bond acceptors (Lipinski definition) is 3. The smallest absolute Gasteiger partial charge is 0.258 e. The van der Waals surface area contributed by atoms with E-state index in [1.165, 1.54) is 35.9 Å². The van der Waals surface area contributed by atoms with Crippen LogP contribution in [0.2, 0.25) is 0 Å². The van der Waals surface area contributed by atoms with E-state index in [2.05, 4.69) is 17.0 Å². The number of rotatable bonds is 5. The molecule has 5 rings (SSSR count). The topological polar surface area (TPSA) is 43.9 Å². The van der Waals surface area contributed by atoms with Gasteiger partial charge in [-0.15, -0.1) is 0 Å². The Kier molecular flexibility index (Phi) is 9.95. The largest absolute Gasteiger partial charge is 0.338 e. The summed E-state index contributed by atoms with van der Waals surface area (Å²) in [5.74, 6) is -1.18. The predicted octanol–water partition coefficient (Wildman–Crippen LogP) is 6.79. The molecule has 0 aliphatic carbocycles. The molecular formula is C36H37F2N3O2. The second-order valence-corrected chi connectivity index (χ2v) is 11.1. The number of benzene rings is 4. The van der Waals surface area contributed by atoms with Crippen molar-refractivity contribution in [1.82, 2.24) is 9.80 Å². The van der Waals surface area contributed by atoms with Crippen LogP contribution in [0, 0.1) is 18.6 Å². The van der Waals surface area contributed by atoms with Crippen LogP contribution < -0.4 is 4.90 Å². The first kappa shape index (κ1) is 30.1. The second-order valence-electron chi connectivity index (χ2n) is 11.1. The molecule has 1 aliphatic heterocycles. The van der Waals surface area contributed by atoms with Crippen LogP contribution in [-0.2, 0) is 24.3 Å². The SMILES string of the molecule is Cc1cccc2c1N(C(=O)c1ccc(F)cc1)CCCN(Cc1ccccc1)CCCN(C(=O)Cc1ccccc1F)C2. The number of fused-ring (bicyclic) bond motifs is 1. The van der Waals surface area contributed by atoms with E-state index in [0.29, 0.717) is 24.2 Å². The Morgan fingerprint density at radius 2 is 1.44 bits per heavy atom. The van der Waals surface area contributed by atoms with Crippen LogP contribution in [0.1, 0.15) is 45.5 Å². The van der Waals surface area contributed by atoms with Crippen LogP contribution in [-0.4, -0.2) is 47.8 Å². The highest BCUT2D eigenvalue weighted by Crippen LogP contribution is 2.29. The van der Waals surface area contributed by atoms with Crippen molar-refractivity contribution < 1.29 is 18.4 Å². The molecule has 0 atom stereocenters. The van der Waals surface area contributed by atoms with Crippen LogP contribution in [0.3, 0.4) is 0 Å². The fourth-order valence-electron chi connectivity index (χ4n) is 5.76. The van der Waals surface area contributed by atoms with Crippen molar-refractivity contribution in [3.63, 3.8) is 0 Å². The summed E-state index contributed by atoms with van der Waals surface area (Å²) in [6.45, 7) is 5.49. The average Bonchev–Trinajstić information content (AvgIpc) is 3.00. The van der Waals surface area contributed by atoms with E-state index in [-0.39, 0.29) is 24.8 Å². The zero-order valence-electron chi connectivity index (χ0n) is 24.5. The van der Waals surface area contributed by atoms with E-state index in [1.54, 1.807) is 28.0 Å². The second kappa shape index (κ2) is 14.2.